The number of carbonyl (C=O) groups is 1. The molecule has 4 aromatic rings. The maximum atomic E-state index is 12.7. The lowest BCUT2D eigenvalue weighted by Gasteiger charge is -2.12. The molecule has 1 amide bonds. The molecule has 0 bridgehead atoms. The number of amides is 1. The van der Waals surface area contributed by atoms with Crippen LogP contribution in [0, 0.1) is 0 Å². The molecule has 162 valence electrons. The monoisotopic (exact) mass is 447 g/mol. The summed E-state index contributed by atoms with van der Waals surface area (Å²) in [5, 5.41) is 24.1. The fourth-order valence-electron chi connectivity index (χ4n) is 2.84. The van der Waals surface area contributed by atoms with Gasteiger partial charge < -0.3 is 15.2 Å². The lowest BCUT2D eigenvalue weighted by atomic mass is 10.2. The molecule has 8 nitrogen and oxygen atoms in total. The van der Waals surface area contributed by atoms with Gasteiger partial charge in [-0.1, -0.05) is 42.1 Å². The number of rotatable bonds is 8. The van der Waals surface area contributed by atoms with Gasteiger partial charge in [-0.2, -0.15) is 4.68 Å². The fraction of sp³-hybridized carbons (Fsp3) is 0.130. The Morgan fingerprint density at radius 3 is 2.50 bits per heavy atom. The minimum absolute atomic E-state index is 0.153. The molecule has 4 rings (SSSR count). The van der Waals surface area contributed by atoms with Crippen LogP contribution in [-0.2, 0) is 11.4 Å². The summed E-state index contributed by atoms with van der Waals surface area (Å²) in [7, 11) is 0. The van der Waals surface area contributed by atoms with E-state index in [1.807, 2.05) is 42.5 Å². The number of aromatic hydroxyl groups is 1. The lowest BCUT2D eigenvalue weighted by molar-refractivity contribution is -0.115. The van der Waals surface area contributed by atoms with Crippen LogP contribution in [0.5, 0.6) is 11.5 Å². The average Bonchev–Trinajstić information content (AvgIpc) is 3.28. The van der Waals surface area contributed by atoms with E-state index in [0.29, 0.717) is 23.1 Å². The summed E-state index contributed by atoms with van der Waals surface area (Å²) >= 11 is 1.24. The zero-order valence-electron chi connectivity index (χ0n) is 17.3. The van der Waals surface area contributed by atoms with E-state index in [4.69, 9.17) is 4.74 Å². The van der Waals surface area contributed by atoms with Crippen molar-refractivity contribution in [2.45, 2.75) is 23.9 Å². The van der Waals surface area contributed by atoms with Crippen LogP contribution < -0.4 is 10.1 Å². The first-order valence-corrected chi connectivity index (χ1v) is 10.8. The normalized spacial score (nSPS) is 11.7. The van der Waals surface area contributed by atoms with Crippen molar-refractivity contribution in [1.29, 1.82) is 0 Å². The van der Waals surface area contributed by atoms with Crippen LogP contribution in [0.1, 0.15) is 12.5 Å². The third kappa shape index (κ3) is 5.44. The number of tetrazole rings is 1. The van der Waals surface area contributed by atoms with E-state index < -0.39 is 5.25 Å². The molecule has 9 heteroatoms. The van der Waals surface area contributed by atoms with Gasteiger partial charge in [0.15, 0.2) is 0 Å². The number of aromatic nitrogens is 4. The maximum Gasteiger partial charge on any atom is 0.237 e. The number of benzene rings is 3. The summed E-state index contributed by atoms with van der Waals surface area (Å²) in [6.07, 6.45) is 0. The Labute approximate surface area is 189 Å². The van der Waals surface area contributed by atoms with Crippen LogP contribution in [0.15, 0.2) is 84.0 Å². The number of nitrogens with one attached hydrogen (secondary N) is 1. The van der Waals surface area contributed by atoms with Crippen molar-refractivity contribution in [3.05, 3.63) is 84.4 Å². The highest BCUT2D eigenvalue weighted by Gasteiger charge is 2.19. The van der Waals surface area contributed by atoms with Crippen molar-refractivity contribution in [3.63, 3.8) is 0 Å². The number of ether oxygens (including phenoxy) is 1. The van der Waals surface area contributed by atoms with Crippen molar-refractivity contribution < 1.29 is 14.6 Å². The smallest absolute Gasteiger partial charge is 0.237 e. The Balaban J connectivity index is 1.33. The number of phenols is 1. The number of hydrogen-bond acceptors (Lipinski definition) is 7. The highest BCUT2D eigenvalue weighted by atomic mass is 32.2. The van der Waals surface area contributed by atoms with Crippen LogP contribution >= 0.6 is 11.8 Å². The number of carbonyl (C=O) groups excluding carboxylic acids is 1. The SMILES string of the molecule is CC(Sc1nnnn1-c1ccc(O)cc1)C(=O)Nc1ccc(OCc2ccccc2)cc1. The first-order valence-electron chi connectivity index (χ1n) is 9.90. The fourth-order valence-corrected chi connectivity index (χ4v) is 3.65. The van der Waals surface area contributed by atoms with Crippen LogP contribution in [0.3, 0.4) is 0 Å². The predicted molar refractivity (Wildman–Crippen MR) is 122 cm³/mol. The molecule has 1 heterocycles. The second-order valence-corrected chi connectivity index (χ2v) is 8.25. The quantitative estimate of drug-likeness (QED) is 0.393. The molecular formula is C23H21N5O3S. The van der Waals surface area contributed by atoms with Gasteiger partial charge in [-0.25, -0.2) is 0 Å². The van der Waals surface area contributed by atoms with E-state index >= 15 is 0 Å². The zero-order valence-corrected chi connectivity index (χ0v) is 18.1. The highest BCUT2D eigenvalue weighted by molar-refractivity contribution is 8.00. The molecule has 32 heavy (non-hydrogen) atoms. The van der Waals surface area contributed by atoms with Gasteiger partial charge in [0.2, 0.25) is 11.1 Å². The molecule has 0 radical (unpaired) electrons. The topological polar surface area (TPSA) is 102 Å². The van der Waals surface area contributed by atoms with Gasteiger partial charge in [0.25, 0.3) is 0 Å². The predicted octanol–water partition coefficient (Wildman–Crippen LogP) is 4.07. The third-order valence-electron chi connectivity index (χ3n) is 4.56. The third-order valence-corrected chi connectivity index (χ3v) is 5.59. The maximum absolute atomic E-state index is 12.7. The summed E-state index contributed by atoms with van der Waals surface area (Å²) in [4.78, 5) is 12.7. The van der Waals surface area contributed by atoms with Gasteiger partial charge in [0.05, 0.1) is 10.9 Å². The molecule has 1 atom stereocenters. The number of hydrogen-bond donors (Lipinski definition) is 2. The molecule has 3 aromatic carbocycles. The van der Waals surface area contributed by atoms with Crippen molar-refractivity contribution in [2.75, 3.05) is 5.32 Å². The van der Waals surface area contributed by atoms with E-state index in [2.05, 4.69) is 20.8 Å². The van der Waals surface area contributed by atoms with E-state index in [-0.39, 0.29) is 11.7 Å². The Morgan fingerprint density at radius 2 is 1.78 bits per heavy atom. The Kier molecular flexibility index (Phi) is 6.66. The van der Waals surface area contributed by atoms with Gasteiger partial charge in [-0.3, -0.25) is 4.79 Å². The molecule has 0 saturated carbocycles. The second kappa shape index (κ2) is 9.97. The number of thioether (sulfide) groups is 1. The lowest BCUT2D eigenvalue weighted by Crippen LogP contribution is -2.22. The van der Waals surface area contributed by atoms with E-state index in [1.165, 1.54) is 16.4 Å². The number of nitrogens with zero attached hydrogens (tertiary/aromatic N) is 4. The zero-order chi connectivity index (χ0) is 22.3. The Bertz CT molecular complexity index is 1160. The summed E-state index contributed by atoms with van der Waals surface area (Å²) in [5.41, 5.74) is 2.45. The highest BCUT2D eigenvalue weighted by Crippen LogP contribution is 2.25. The molecule has 0 aliphatic heterocycles. The first-order chi connectivity index (χ1) is 15.6. The van der Waals surface area contributed by atoms with Gasteiger partial charge in [-0.05, 0) is 71.4 Å². The van der Waals surface area contributed by atoms with E-state index in [9.17, 15) is 9.90 Å². The standard InChI is InChI=1S/C23H21N5O3S/c1-16(32-23-25-26-27-28(23)19-9-11-20(29)12-10-19)22(30)24-18-7-13-21(14-8-18)31-15-17-5-3-2-4-6-17/h2-14,16,29H,15H2,1H3,(H,24,30). The van der Waals surface area contributed by atoms with Gasteiger partial charge in [-0.15, -0.1) is 5.10 Å². The Morgan fingerprint density at radius 1 is 1.06 bits per heavy atom. The minimum atomic E-state index is -0.439. The molecule has 0 saturated heterocycles. The van der Waals surface area contributed by atoms with Crippen LogP contribution in [0.25, 0.3) is 5.69 Å². The average molecular weight is 448 g/mol. The molecule has 0 aliphatic rings. The summed E-state index contributed by atoms with van der Waals surface area (Å²) < 4.78 is 7.30. The molecule has 1 unspecified atom stereocenters. The van der Waals surface area contributed by atoms with E-state index in [1.54, 1.807) is 43.3 Å². The van der Waals surface area contributed by atoms with Crippen LogP contribution in [0.2, 0.25) is 0 Å². The van der Waals surface area contributed by atoms with Crippen LogP contribution in [-0.4, -0.2) is 36.5 Å². The largest absolute Gasteiger partial charge is 0.508 e. The van der Waals surface area contributed by atoms with E-state index in [0.717, 1.165) is 11.3 Å². The van der Waals surface area contributed by atoms with Crippen molar-refractivity contribution in [1.82, 2.24) is 20.2 Å². The molecule has 2 N–H and O–H groups in total. The first kappa shape index (κ1) is 21.4. The van der Waals surface area contributed by atoms with Crippen molar-refractivity contribution in [2.24, 2.45) is 0 Å². The van der Waals surface area contributed by atoms with Crippen LogP contribution in [0.4, 0.5) is 5.69 Å². The molecule has 0 spiro atoms. The molecule has 1 aromatic heterocycles. The number of anilines is 1. The van der Waals surface area contributed by atoms with Crippen molar-refractivity contribution in [3.8, 4) is 17.2 Å². The summed E-state index contributed by atoms with van der Waals surface area (Å²) in [5.74, 6) is 0.704. The Hall–Kier alpha value is -3.85. The number of phenolic OH excluding ortho intramolecular Hbond substituents is 1. The molecule has 0 fully saturated rings. The summed E-state index contributed by atoms with van der Waals surface area (Å²) in [6, 6.07) is 23.7. The summed E-state index contributed by atoms with van der Waals surface area (Å²) in [6.45, 7) is 2.27. The van der Waals surface area contributed by atoms with Crippen molar-refractivity contribution >= 4 is 23.4 Å². The van der Waals surface area contributed by atoms with Gasteiger partial charge in [0, 0.05) is 5.69 Å². The molecular weight excluding hydrogens is 426 g/mol. The molecule has 0 aliphatic carbocycles. The minimum Gasteiger partial charge on any atom is -0.508 e. The van der Waals surface area contributed by atoms with Gasteiger partial charge in [0.1, 0.15) is 18.1 Å². The van der Waals surface area contributed by atoms with Gasteiger partial charge >= 0.3 is 0 Å². The second-order valence-electron chi connectivity index (χ2n) is 6.94.